The number of hydrogen-bond donors (Lipinski definition) is 0. The Labute approximate surface area is 116 Å². The van der Waals surface area contributed by atoms with Crippen molar-refractivity contribution in [2.45, 2.75) is 13.8 Å². The number of benzene rings is 2. The van der Waals surface area contributed by atoms with Gasteiger partial charge in [-0.05, 0) is 37.6 Å². The molecule has 0 bridgehead atoms. The van der Waals surface area contributed by atoms with Gasteiger partial charge in [0, 0.05) is 17.7 Å². The summed E-state index contributed by atoms with van der Waals surface area (Å²) >= 11 is 0. The van der Waals surface area contributed by atoms with Crippen LogP contribution in [0.2, 0.25) is 0 Å². The van der Waals surface area contributed by atoms with Crippen LogP contribution in [-0.2, 0) is 0 Å². The lowest BCUT2D eigenvalue weighted by Crippen LogP contribution is -1.94. The smallest absolute Gasteiger partial charge is 0.269 e. The first-order valence-electron chi connectivity index (χ1n) is 6.01. The molecule has 2 aromatic carbocycles. The van der Waals surface area contributed by atoms with Crippen molar-refractivity contribution in [2.24, 2.45) is 0 Å². The normalized spacial score (nSPS) is 10.1. The van der Waals surface area contributed by atoms with E-state index in [2.05, 4.69) is 0 Å². The zero-order valence-corrected chi connectivity index (χ0v) is 11.1. The van der Waals surface area contributed by atoms with Crippen LogP contribution >= 0.6 is 0 Å². The van der Waals surface area contributed by atoms with Gasteiger partial charge >= 0.3 is 0 Å². The molecule has 0 saturated heterocycles. The number of non-ortho nitro benzene ring substituents is 1. The first-order chi connectivity index (χ1) is 9.47. The van der Waals surface area contributed by atoms with Crippen LogP contribution in [0.5, 0.6) is 11.5 Å². The summed E-state index contributed by atoms with van der Waals surface area (Å²) in [5, 5.41) is 10.7. The molecule has 0 atom stereocenters. The van der Waals surface area contributed by atoms with Gasteiger partial charge in [0.1, 0.15) is 11.5 Å². The van der Waals surface area contributed by atoms with Crippen molar-refractivity contribution in [3.63, 3.8) is 0 Å². The number of carbonyl (C=O) groups excluding carboxylic acids is 1. The zero-order chi connectivity index (χ0) is 14.7. The Balaban J connectivity index is 2.28. The van der Waals surface area contributed by atoms with Gasteiger partial charge in [-0.15, -0.1) is 0 Å². The maximum Gasteiger partial charge on any atom is 0.269 e. The van der Waals surface area contributed by atoms with E-state index in [1.54, 1.807) is 37.3 Å². The molecule has 20 heavy (non-hydrogen) atoms. The second-order valence-corrected chi connectivity index (χ2v) is 4.39. The molecule has 0 aliphatic carbocycles. The number of rotatable bonds is 4. The Morgan fingerprint density at radius 3 is 2.55 bits per heavy atom. The average Bonchev–Trinajstić information content (AvgIpc) is 2.41. The molecule has 0 spiro atoms. The fraction of sp³-hybridized carbons (Fsp3) is 0.133. The molecule has 2 rings (SSSR count). The number of aryl methyl sites for hydroxylation is 1. The first kappa shape index (κ1) is 13.7. The molecule has 0 saturated carbocycles. The summed E-state index contributed by atoms with van der Waals surface area (Å²) in [6.45, 7) is 3.22. The SMILES string of the molecule is CC(=O)c1cccc(Oc2ccc([N+](=O)[O-])cc2C)c1. The largest absolute Gasteiger partial charge is 0.457 e. The molecule has 0 aromatic heterocycles. The monoisotopic (exact) mass is 271 g/mol. The molecule has 0 heterocycles. The van der Waals surface area contributed by atoms with Crippen LogP contribution in [0.15, 0.2) is 42.5 Å². The predicted octanol–water partition coefficient (Wildman–Crippen LogP) is 3.90. The second-order valence-electron chi connectivity index (χ2n) is 4.39. The summed E-state index contributed by atoms with van der Waals surface area (Å²) < 4.78 is 5.66. The van der Waals surface area contributed by atoms with Crippen molar-refractivity contribution in [1.82, 2.24) is 0 Å². The fourth-order valence-corrected chi connectivity index (χ4v) is 1.77. The van der Waals surface area contributed by atoms with Gasteiger partial charge in [0.25, 0.3) is 5.69 Å². The molecule has 0 fully saturated rings. The van der Waals surface area contributed by atoms with Crippen LogP contribution in [0.3, 0.4) is 0 Å². The second kappa shape index (κ2) is 5.52. The molecule has 0 aliphatic rings. The highest BCUT2D eigenvalue weighted by atomic mass is 16.6. The molecule has 0 radical (unpaired) electrons. The minimum Gasteiger partial charge on any atom is -0.457 e. The van der Waals surface area contributed by atoms with Crippen molar-refractivity contribution in [2.75, 3.05) is 0 Å². The van der Waals surface area contributed by atoms with Crippen molar-refractivity contribution < 1.29 is 14.5 Å². The Morgan fingerprint density at radius 1 is 1.20 bits per heavy atom. The van der Waals surface area contributed by atoms with Gasteiger partial charge in [-0.2, -0.15) is 0 Å². The minimum atomic E-state index is -0.451. The van der Waals surface area contributed by atoms with Gasteiger partial charge < -0.3 is 4.74 Å². The summed E-state index contributed by atoms with van der Waals surface area (Å²) in [7, 11) is 0. The highest BCUT2D eigenvalue weighted by molar-refractivity contribution is 5.94. The van der Waals surface area contributed by atoms with Crippen LogP contribution in [0, 0.1) is 17.0 Å². The Hall–Kier alpha value is -2.69. The first-order valence-corrected chi connectivity index (χ1v) is 6.01. The Morgan fingerprint density at radius 2 is 1.95 bits per heavy atom. The van der Waals surface area contributed by atoms with E-state index in [0.29, 0.717) is 22.6 Å². The molecule has 0 unspecified atom stereocenters. The zero-order valence-electron chi connectivity index (χ0n) is 11.1. The topological polar surface area (TPSA) is 69.4 Å². The molecule has 102 valence electrons. The summed E-state index contributed by atoms with van der Waals surface area (Å²) in [6.07, 6.45) is 0. The van der Waals surface area contributed by atoms with Gasteiger partial charge in [-0.3, -0.25) is 14.9 Å². The number of ether oxygens (including phenoxy) is 1. The number of hydrogen-bond acceptors (Lipinski definition) is 4. The average molecular weight is 271 g/mol. The van der Waals surface area contributed by atoms with E-state index in [1.165, 1.54) is 19.1 Å². The fourth-order valence-electron chi connectivity index (χ4n) is 1.77. The number of ketones is 1. The molecule has 0 aliphatic heterocycles. The van der Waals surface area contributed by atoms with E-state index in [4.69, 9.17) is 4.74 Å². The summed E-state index contributed by atoms with van der Waals surface area (Å²) in [4.78, 5) is 21.5. The van der Waals surface area contributed by atoms with E-state index < -0.39 is 4.92 Å². The number of nitrogens with zero attached hydrogens (tertiary/aromatic N) is 1. The highest BCUT2D eigenvalue weighted by Crippen LogP contribution is 2.28. The lowest BCUT2D eigenvalue weighted by Gasteiger charge is -2.09. The van der Waals surface area contributed by atoms with Crippen molar-refractivity contribution in [3.8, 4) is 11.5 Å². The van der Waals surface area contributed by atoms with Gasteiger partial charge in [0.2, 0.25) is 0 Å². The molecule has 0 amide bonds. The van der Waals surface area contributed by atoms with Crippen molar-refractivity contribution >= 4 is 11.5 Å². The molecule has 0 N–H and O–H groups in total. The summed E-state index contributed by atoms with van der Waals surface area (Å²) in [5.41, 5.74) is 1.24. The Kier molecular flexibility index (Phi) is 3.79. The van der Waals surface area contributed by atoms with E-state index in [-0.39, 0.29) is 11.5 Å². The van der Waals surface area contributed by atoms with E-state index in [0.717, 1.165) is 0 Å². The Bertz CT molecular complexity index is 679. The van der Waals surface area contributed by atoms with Gasteiger partial charge in [0.05, 0.1) is 4.92 Å². The molecular formula is C15H13NO4. The maximum absolute atomic E-state index is 11.3. The number of nitro groups is 1. The number of nitro benzene ring substituents is 1. The van der Waals surface area contributed by atoms with Crippen LogP contribution in [0.1, 0.15) is 22.8 Å². The third kappa shape index (κ3) is 3.00. The standard InChI is InChI=1S/C15H13NO4/c1-10-8-13(16(18)19)6-7-15(10)20-14-5-3-4-12(9-14)11(2)17/h3-9H,1-2H3. The van der Waals surface area contributed by atoms with Crippen molar-refractivity contribution in [3.05, 3.63) is 63.7 Å². The van der Waals surface area contributed by atoms with Crippen molar-refractivity contribution in [1.29, 1.82) is 0 Å². The quantitative estimate of drug-likeness (QED) is 0.480. The minimum absolute atomic E-state index is 0.0207. The lowest BCUT2D eigenvalue weighted by molar-refractivity contribution is -0.384. The van der Waals surface area contributed by atoms with E-state index >= 15 is 0 Å². The van der Waals surface area contributed by atoms with E-state index in [1.807, 2.05) is 0 Å². The van der Waals surface area contributed by atoms with E-state index in [9.17, 15) is 14.9 Å². The number of Topliss-reactive ketones (excluding diaryl/α,β-unsaturated/α-hetero) is 1. The molecule has 2 aromatic rings. The third-order valence-electron chi connectivity index (χ3n) is 2.84. The van der Waals surface area contributed by atoms with Gasteiger partial charge in [0.15, 0.2) is 5.78 Å². The highest BCUT2D eigenvalue weighted by Gasteiger charge is 2.10. The molecule has 5 nitrogen and oxygen atoms in total. The van der Waals surface area contributed by atoms with Crippen LogP contribution in [0.4, 0.5) is 5.69 Å². The van der Waals surface area contributed by atoms with Crippen LogP contribution < -0.4 is 4.74 Å². The van der Waals surface area contributed by atoms with Gasteiger partial charge in [-0.25, -0.2) is 0 Å². The summed E-state index contributed by atoms with van der Waals surface area (Å²) in [6, 6.07) is 11.2. The lowest BCUT2D eigenvalue weighted by atomic mass is 10.1. The van der Waals surface area contributed by atoms with Crippen LogP contribution in [-0.4, -0.2) is 10.7 Å². The third-order valence-corrected chi connectivity index (χ3v) is 2.84. The summed E-state index contributed by atoms with van der Waals surface area (Å²) in [5.74, 6) is 1.00. The van der Waals surface area contributed by atoms with Gasteiger partial charge in [-0.1, -0.05) is 12.1 Å². The molecular weight excluding hydrogens is 258 g/mol. The van der Waals surface area contributed by atoms with Crippen LogP contribution in [0.25, 0.3) is 0 Å². The maximum atomic E-state index is 11.3. The number of carbonyl (C=O) groups is 1. The predicted molar refractivity (Wildman–Crippen MR) is 74.4 cm³/mol. The molecule has 5 heteroatoms.